The lowest BCUT2D eigenvalue weighted by atomic mass is 9.92. The number of carbonyl (C=O) groups excluding carboxylic acids is 1. The number of nitrogens with one attached hydrogen (secondary N) is 1. The van der Waals surface area contributed by atoms with Crippen molar-refractivity contribution in [2.45, 2.75) is 31.8 Å². The molecule has 1 amide bonds. The van der Waals surface area contributed by atoms with Gasteiger partial charge in [0, 0.05) is 16.8 Å². The number of rotatable bonds is 5. The Labute approximate surface area is 167 Å². The topological polar surface area (TPSA) is 56.1 Å². The number of hydrogen-bond donors (Lipinski definition) is 1. The summed E-state index contributed by atoms with van der Waals surface area (Å²) in [5.74, 6) is -1.71. The van der Waals surface area contributed by atoms with Crippen LogP contribution in [0.15, 0.2) is 48.7 Å². The summed E-state index contributed by atoms with van der Waals surface area (Å²) in [4.78, 5) is 12.5. The first-order chi connectivity index (χ1) is 14.1. The van der Waals surface area contributed by atoms with Gasteiger partial charge in [-0.25, -0.2) is 8.78 Å². The molecule has 3 aromatic rings. The molecule has 0 radical (unpaired) electrons. The molecule has 1 aliphatic rings. The van der Waals surface area contributed by atoms with E-state index in [0.29, 0.717) is 13.0 Å². The monoisotopic (exact) mass is 397 g/mol. The van der Waals surface area contributed by atoms with Gasteiger partial charge in [-0.1, -0.05) is 24.3 Å². The molecule has 2 aromatic carbocycles. The second-order valence-corrected chi connectivity index (χ2v) is 7.03. The summed E-state index contributed by atoms with van der Waals surface area (Å²) in [6.45, 7) is 0.544. The second-order valence-electron chi connectivity index (χ2n) is 7.03. The molecule has 1 N–H and O–H groups in total. The minimum atomic E-state index is -0.870. The number of carbonyl (C=O) groups is 1. The van der Waals surface area contributed by atoms with Gasteiger partial charge in [0.15, 0.2) is 0 Å². The van der Waals surface area contributed by atoms with Crippen LogP contribution < -0.4 is 10.1 Å². The van der Waals surface area contributed by atoms with Gasteiger partial charge in [0.2, 0.25) is 0 Å². The molecule has 0 saturated carbocycles. The lowest BCUT2D eigenvalue weighted by Gasteiger charge is -2.24. The van der Waals surface area contributed by atoms with Crippen LogP contribution in [-0.4, -0.2) is 22.8 Å². The summed E-state index contributed by atoms with van der Waals surface area (Å²) in [5, 5.41) is 7.27. The Balaban J connectivity index is 1.58. The van der Waals surface area contributed by atoms with Crippen molar-refractivity contribution in [2.24, 2.45) is 0 Å². The maximum atomic E-state index is 13.9. The maximum absolute atomic E-state index is 13.9. The maximum Gasteiger partial charge on any atom is 0.257 e. The zero-order valence-corrected chi connectivity index (χ0v) is 16.0. The van der Waals surface area contributed by atoms with Gasteiger partial charge in [0.05, 0.1) is 25.9 Å². The van der Waals surface area contributed by atoms with Gasteiger partial charge >= 0.3 is 0 Å². The number of fused-ring (bicyclic) bond motifs is 1. The molecule has 0 aliphatic heterocycles. The normalized spacial score (nSPS) is 15.6. The van der Waals surface area contributed by atoms with Crippen molar-refractivity contribution in [2.75, 3.05) is 7.11 Å². The van der Waals surface area contributed by atoms with E-state index in [9.17, 15) is 13.6 Å². The molecule has 150 valence electrons. The fourth-order valence-electron chi connectivity index (χ4n) is 3.85. The minimum absolute atomic E-state index is 0.336. The third kappa shape index (κ3) is 3.72. The largest absolute Gasteiger partial charge is 0.496 e. The first-order valence-corrected chi connectivity index (χ1v) is 9.50. The zero-order chi connectivity index (χ0) is 20.4. The van der Waals surface area contributed by atoms with E-state index in [4.69, 9.17) is 4.74 Å². The van der Waals surface area contributed by atoms with Gasteiger partial charge in [-0.15, -0.1) is 0 Å². The summed E-state index contributed by atoms with van der Waals surface area (Å²) in [7, 11) is 1.63. The average Bonchev–Trinajstić information content (AvgIpc) is 3.12. The Morgan fingerprint density at radius 2 is 1.97 bits per heavy atom. The number of amides is 1. The van der Waals surface area contributed by atoms with Crippen LogP contribution in [0.25, 0.3) is 0 Å². The lowest BCUT2D eigenvalue weighted by molar-refractivity contribution is 0.0924. The van der Waals surface area contributed by atoms with Crippen molar-refractivity contribution in [1.29, 1.82) is 0 Å². The Morgan fingerprint density at radius 1 is 1.21 bits per heavy atom. The molecule has 0 fully saturated rings. The SMILES string of the molecule is COc1ccccc1Cn1ncc2c1CCC[C@H]2NC(=O)c1c(F)cccc1F. The van der Waals surface area contributed by atoms with Crippen LogP contribution in [-0.2, 0) is 13.0 Å². The molecule has 29 heavy (non-hydrogen) atoms. The van der Waals surface area contributed by atoms with Crippen molar-refractivity contribution in [1.82, 2.24) is 15.1 Å². The summed E-state index contributed by atoms with van der Waals surface area (Å²) in [6, 6.07) is 10.8. The lowest BCUT2D eigenvalue weighted by Crippen LogP contribution is -2.32. The van der Waals surface area contributed by atoms with Gasteiger partial charge in [-0.3, -0.25) is 9.48 Å². The van der Waals surface area contributed by atoms with Gasteiger partial charge < -0.3 is 10.1 Å². The third-order valence-electron chi connectivity index (χ3n) is 5.27. The molecular formula is C22H21F2N3O2. The number of aromatic nitrogens is 2. The smallest absolute Gasteiger partial charge is 0.257 e. The zero-order valence-electron chi connectivity index (χ0n) is 16.0. The first kappa shape index (κ1) is 19.1. The molecule has 1 heterocycles. The quantitative estimate of drug-likeness (QED) is 0.707. The van der Waals surface area contributed by atoms with E-state index in [0.717, 1.165) is 47.5 Å². The second kappa shape index (κ2) is 8.03. The molecule has 7 heteroatoms. The van der Waals surface area contributed by atoms with E-state index < -0.39 is 23.1 Å². The van der Waals surface area contributed by atoms with E-state index >= 15 is 0 Å². The van der Waals surface area contributed by atoms with E-state index in [-0.39, 0.29) is 6.04 Å². The molecule has 1 aromatic heterocycles. The summed E-state index contributed by atoms with van der Waals surface area (Å²) >= 11 is 0. The fourth-order valence-corrected chi connectivity index (χ4v) is 3.85. The molecule has 1 atom stereocenters. The van der Waals surface area contributed by atoms with Crippen LogP contribution in [0.1, 0.15) is 46.1 Å². The van der Waals surface area contributed by atoms with Crippen LogP contribution in [0.2, 0.25) is 0 Å². The van der Waals surface area contributed by atoms with E-state index in [1.54, 1.807) is 13.3 Å². The van der Waals surface area contributed by atoms with Gasteiger partial charge in [0.1, 0.15) is 22.9 Å². The molecule has 0 bridgehead atoms. The Kier molecular flexibility index (Phi) is 5.29. The number of benzene rings is 2. The van der Waals surface area contributed by atoms with Crippen molar-refractivity contribution in [3.8, 4) is 5.75 Å². The number of nitrogens with zero attached hydrogens (tertiary/aromatic N) is 2. The highest BCUT2D eigenvalue weighted by Gasteiger charge is 2.28. The number of para-hydroxylation sites is 1. The third-order valence-corrected chi connectivity index (χ3v) is 5.27. The van der Waals surface area contributed by atoms with Crippen LogP contribution in [0.5, 0.6) is 5.75 Å². The first-order valence-electron chi connectivity index (χ1n) is 9.50. The Morgan fingerprint density at radius 3 is 2.72 bits per heavy atom. The molecular weight excluding hydrogens is 376 g/mol. The predicted octanol–water partition coefficient (Wildman–Crippen LogP) is 4.03. The van der Waals surface area contributed by atoms with E-state index in [2.05, 4.69) is 10.4 Å². The number of hydrogen-bond acceptors (Lipinski definition) is 3. The summed E-state index contributed by atoms with van der Waals surface area (Å²) in [6.07, 6.45) is 4.09. The molecule has 0 spiro atoms. The molecule has 0 unspecified atom stereocenters. The van der Waals surface area contributed by atoms with Gasteiger partial charge in [-0.2, -0.15) is 5.10 Å². The highest BCUT2D eigenvalue weighted by molar-refractivity contribution is 5.95. The highest BCUT2D eigenvalue weighted by atomic mass is 19.1. The average molecular weight is 397 g/mol. The standard InChI is InChI=1S/C22H21F2N3O2/c1-29-20-11-3-2-6-14(20)13-27-19-10-5-9-18(15(19)12-25-27)26-22(28)21-16(23)7-4-8-17(21)24/h2-4,6-8,11-12,18H,5,9-10,13H2,1H3,(H,26,28)/t18-/m1/s1. The Bertz CT molecular complexity index is 1030. The van der Waals surface area contributed by atoms with Crippen molar-refractivity contribution >= 4 is 5.91 Å². The fraction of sp³-hybridized carbons (Fsp3) is 0.273. The Hall–Kier alpha value is -3.22. The molecule has 0 saturated heterocycles. The number of halogens is 2. The van der Waals surface area contributed by atoms with Crippen molar-refractivity contribution in [3.63, 3.8) is 0 Å². The van der Waals surface area contributed by atoms with Crippen LogP contribution >= 0.6 is 0 Å². The molecule has 5 nitrogen and oxygen atoms in total. The van der Waals surface area contributed by atoms with Crippen molar-refractivity contribution in [3.05, 3.63) is 82.7 Å². The van der Waals surface area contributed by atoms with Crippen molar-refractivity contribution < 1.29 is 18.3 Å². The highest BCUT2D eigenvalue weighted by Crippen LogP contribution is 2.31. The van der Waals surface area contributed by atoms with E-state index in [1.807, 2.05) is 28.9 Å². The number of ether oxygens (including phenoxy) is 1. The molecule has 4 rings (SSSR count). The van der Waals surface area contributed by atoms with Crippen LogP contribution in [0.3, 0.4) is 0 Å². The molecule has 1 aliphatic carbocycles. The van der Waals surface area contributed by atoms with Gasteiger partial charge in [-0.05, 0) is 37.5 Å². The van der Waals surface area contributed by atoms with Crippen LogP contribution in [0.4, 0.5) is 8.78 Å². The summed E-state index contributed by atoms with van der Waals surface area (Å²) in [5.41, 5.74) is 2.35. The van der Waals surface area contributed by atoms with Gasteiger partial charge in [0.25, 0.3) is 5.91 Å². The predicted molar refractivity (Wildman–Crippen MR) is 104 cm³/mol. The van der Waals surface area contributed by atoms with Crippen LogP contribution in [0, 0.1) is 11.6 Å². The minimum Gasteiger partial charge on any atom is -0.496 e. The number of methoxy groups -OCH3 is 1. The van der Waals surface area contributed by atoms with E-state index in [1.165, 1.54) is 6.07 Å². The summed E-state index contributed by atoms with van der Waals surface area (Å²) < 4.78 is 35.2.